The molecule has 150 valence electrons. The Kier molecular flexibility index (Phi) is 6.61. The first-order chi connectivity index (χ1) is 14.0. The Morgan fingerprint density at radius 1 is 1.07 bits per heavy atom. The number of carbonyl (C=O) groups excluding carboxylic acids is 2. The molecular formula is C22H21FN2O3S. The summed E-state index contributed by atoms with van der Waals surface area (Å²) >= 11 is 1.32. The number of para-hydroxylation sites is 2. The first kappa shape index (κ1) is 20.5. The average molecular weight is 412 g/mol. The Balaban J connectivity index is 1.69. The van der Waals surface area contributed by atoms with Crippen LogP contribution in [0.1, 0.15) is 16.6 Å². The highest BCUT2D eigenvalue weighted by Crippen LogP contribution is 2.29. The second kappa shape index (κ2) is 9.34. The lowest BCUT2D eigenvalue weighted by Crippen LogP contribution is -2.37. The molecule has 0 radical (unpaired) electrons. The number of ether oxygens (including phenoxy) is 1. The number of nitrogens with one attached hydrogen (secondary N) is 1. The smallest absolute Gasteiger partial charge is 0.264 e. The molecule has 2 aromatic carbocycles. The van der Waals surface area contributed by atoms with Gasteiger partial charge in [-0.2, -0.15) is 0 Å². The number of benzene rings is 2. The molecule has 2 amide bonds. The maximum Gasteiger partial charge on any atom is 0.264 e. The van der Waals surface area contributed by atoms with E-state index in [9.17, 15) is 14.0 Å². The summed E-state index contributed by atoms with van der Waals surface area (Å²) in [5, 5.41) is 2.78. The predicted octanol–water partition coefficient (Wildman–Crippen LogP) is 4.66. The molecule has 0 fully saturated rings. The zero-order valence-electron chi connectivity index (χ0n) is 16.1. The van der Waals surface area contributed by atoms with Crippen molar-refractivity contribution < 1.29 is 18.7 Å². The first-order valence-electron chi connectivity index (χ1n) is 9.09. The molecule has 0 aliphatic rings. The van der Waals surface area contributed by atoms with E-state index in [0.717, 1.165) is 10.4 Å². The molecule has 1 N–H and O–H groups in total. The average Bonchev–Trinajstić information content (AvgIpc) is 3.22. The minimum atomic E-state index is -0.306. The molecule has 0 saturated carbocycles. The van der Waals surface area contributed by atoms with Crippen molar-refractivity contribution >= 4 is 28.8 Å². The van der Waals surface area contributed by atoms with Crippen LogP contribution < -0.4 is 10.1 Å². The van der Waals surface area contributed by atoms with Gasteiger partial charge in [0.2, 0.25) is 5.91 Å². The summed E-state index contributed by atoms with van der Waals surface area (Å²) in [7, 11) is 1.53. The van der Waals surface area contributed by atoms with Crippen LogP contribution in [-0.4, -0.2) is 36.9 Å². The number of likely N-dealkylation sites (N-methyl/N-ethyl adjacent to an activating group) is 1. The summed E-state index contributed by atoms with van der Waals surface area (Å²) in [4.78, 5) is 28.2. The molecule has 0 aliphatic carbocycles. The first-order valence-corrected chi connectivity index (χ1v) is 9.91. The second-order valence-electron chi connectivity index (χ2n) is 6.24. The lowest BCUT2D eigenvalue weighted by atomic mass is 10.2. The third kappa shape index (κ3) is 5.00. The molecule has 0 saturated heterocycles. The van der Waals surface area contributed by atoms with Gasteiger partial charge >= 0.3 is 0 Å². The highest BCUT2D eigenvalue weighted by atomic mass is 32.1. The van der Waals surface area contributed by atoms with Crippen LogP contribution >= 0.6 is 11.3 Å². The minimum absolute atomic E-state index is 0.0723. The lowest BCUT2D eigenvalue weighted by Gasteiger charge is -2.20. The number of hydrogen-bond acceptors (Lipinski definition) is 4. The van der Waals surface area contributed by atoms with E-state index in [-0.39, 0.29) is 24.2 Å². The maximum atomic E-state index is 13.1. The van der Waals surface area contributed by atoms with Gasteiger partial charge in [-0.1, -0.05) is 24.3 Å². The van der Waals surface area contributed by atoms with Crippen molar-refractivity contribution in [2.75, 3.05) is 25.5 Å². The second-order valence-corrected chi connectivity index (χ2v) is 7.32. The van der Waals surface area contributed by atoms with Gasteiger partial charge in [-0.25, -0.2) is 4.39 Å². The van der Waals surface area contributed by atoms with Gasteiger partial charge in [0.15, 0.2) is 0 Å². The number of rotatable bonds is 7. The summed E-state index contributed by atoms with van der Waals surface area (Å²) in [6.45, 7) is 2.14. The third-order valence-electron chi connectivity index (χ3n) is 4.33. The SMILES string of the molecule is CCN(CC(=O)Nc1ccccc1OC)C(=O)c1ccc(-c2ccc(F)cc2)s1. The van der Waals surface area contributed by atoms with Crippen LogP contribution in [0, 0.1) is 5.82 Å². The number of nitrogens with zero attached hydrogens (tertiary/aromatic N) is 1. The monoisotopic (exact) mass is 412 g/mol. The van der Waals surface area contributed by atoms with E-state index >= 15 is 0 Å². The van der Waals surface area contributed by atoms with Crippen LogP contribution in [-0.2, 0) is 4.79 Å². The van der Waals surface area contributed by atoms with Crippen LogP contribution in [0.15, 0.2) is 60.7 Å². The Labute approximate surface area is 172 Å². The number of hydrogen-bond donors (Lipinski definition) is 1. The molecule has 0 spiro atoms. The minimum Gasteiger partial charge on any atom is -0.495 e. The summed E-state index contributed by atoms with van der Waals surface area (Å²) in [5.74, 6) is -0.279. The number of amides is 2. The molecule has 0 bridgehead atoms. The van der Waals surface area contributed by atoms with Gasteiger partial charge in [0.1, 0.15) is 18.1 Å². The predicted molar refractivity (Wildman–Crippen MR) is 113 cm³/mol. The van der Waals surface area contributed by atoms with E-state index < -0.39 is 0 Å². The number of methoxy groups -OCH3 is 1. The maximum absolute atomic E-state index is 13.1. The van der Waals surface area contributed by atoms with Crippen LogP contribution in [0.3, 0.4) is 0 Å². The molecule has 0 unspecified atom stereocenters. The fraction of sp³-hybridized carbons (Fsp3) is 0.182. The zero-order chi connectivity index (χ0) is 20.8. The molecule has 3 aromatic rings. The van der Waals surface area contributed by atoms with E-state index in [1.165, 1.54) is 35.5 Å². The van der Waals surface area contributed by atoms with Crippen molar-refractivity contribution in [3.8, 4) is 16.2 Å². The molecular weight excluding hydrogens is 391 g/mol. The molecule has 0 atom stereocenters. The van der Waals surface area contributed by atoms with E-state index in [0.29, 0.717) is 22.9 Å². The van der Waals surface area contributed by atoms with Crippen LogP contribution in [0.5, 0.6) is 5.75 Å². The van der Waals surface area contributed by atoms with E-state index in [1.54, 1.807) is 36.4 Å². The molecule has 5 nitrogen and oxygen atoms in total. The number of carbonyl (C=O) groups is 2. The topological polar surface area (TPSA) is 58.6 Å². The lowest BCUT2D eigenvalue weighted by molar-refractivity contribution is -0.116. The van der Waals surface area contributed by atoms with Crippen molar-refractivity contribution in [2.24, 2.45) is 0 Å². The quantitative estimate of drug-likeness (QED) is 0.614. The Morgan fingerprint density at radius 3 is 2.48 bits per heavy atom. The number of anilines is 1. The Bertz CT molecular complexity index is 1000. The standard InChI is InChI=1S/C22H21FN2O3S/c1-3-25(14-21(26)24-17-6-4-5-7-18(17)28-2)22(27)20-13-12-19(29-20)15-8-10-16(23)11-9-15/h4-13H,3,14H2,1-2H3,(H,24,26). The molecule has 0 aliphatic heterocycles. The van der Waals surface area contributed by atoms with Gasteiger partial charge in [0, 0.05) is 11.4 Å². The summed E-state index contributed by atoms with van der Waals surface area (Å²) < 4.78 is 18.3. The van der Waals surface area contributed by atoms with Crippen molar-refractivity contribution in [3.63, 3.8) is 0 Å². The fourth-order valence-corrected chi connectivity index (χ4v) is 3.80. The van der Waals surface area contributed by atoms with Crippen LogP contribution in [0.2, 0.25) is 0 Å². The van der Waals surface area contributed by atoms with Gasteiger partial charge in [0.05, 0.1) is 17.7 Å². The third-order valence-corrected chi connectivity index (χ3v) is 5.45. The highest BCUT2D eigenvalue weighted by Gasteiger charge is 2.20. The number of halogens is 1. The summed E-state index contributed by atoms with van der Waals surface area (Å²) in [5.41, 5.74) is 1.39. The summed E-state index contributed by atoms with van der Waals surface area (Å²) in [6, 6.07) is 16.8. The molecule has 1 aromatic heterocycles. The Morgan fingerprint density at radius 2 is 1.79 bits per heavy atom. The van der Waals surface area contributed by atoms with Crippen LogP contribution in [0.4, 0.5) is 10.1 Å². The molecule has 3 rings (SSSR count). The normalized spacial score (nSPS) is 10.4. The van der Waals surface area contributed by atoms with Crippen molar-refractivity contribution in [1.29, 1.82) is 0 Å². The van der Waals surface area contributed by atoms with Crippen LogP contribution in [0.25, 0.3) is 10.4 Å². The summed E-state index contributed by atoms with van der Waals surface area (Å²) in [6.07, 6.45) is 0. The van der Waals surface area contributed by atoms with Gasteiger partial charge in [-0.15, -0.1) is 11.3 Å². The van der Waals surface area contributed by atoms with Crippen molar-refractivity contribution in [1.82, 2.24) is 4.90 Å². The number of thiophene rings is 1. The van der Waals surface area contributed by atoms with Gasteiger partial charge in [-0.3, -0.25) is 9.59 Å². The largest absolute Gasteiger partial charge is 0.495 e. The molecule has 7 heteroatoms. The van der Waals surface area contributed by atoms with E-state index in [1.807, 2.05) is 19.1 Å². The van der Waals surface area contributed by atoms with Crippen molar-refractivity contribution in [2.45, 2.75) is 6.92 Å². The zero-order valence-corrected chi connectivity index (χ0v) is 17.0. The van der Waals surface area contributed by atoms with E-state index in [2.05, 4.69) is 5.32 Å². The fourth-order valence-electron chi connectivity index (χ4n) is 2.82. The molecule has 29 heavy (non-hydrogen) atoms. The van der Waals surface area contributed by atoms with Gasteiger partial charge in [0.25, 0.3) is 5.91 Å². The Hall–Kier alpha value is -3.19. The molecule has 1 heterocycles. The van der Waals surface area contributed by atoms with Crippen molar-refractivity contribution in [3.05, 3.63) is 71.4 Å². The highest BCUT2D eigenvalue weighted by molar-refractivity contribution is 7.17. The van der Waals surface area contributed by atoms with Gasteiger partial charge in [-0.05, 0) is 48.9 Å². The van der Waals surface area contributed by atoms with E-state index in [4.69, 9.17) is 4.74 Å². The van der Waals surface area contributed by atoms with Gasteiger partial charge < -0.3 is 15.0 Å².